The maximum atomic E-state index is 11.3. The minimum Gasteiger partial charge on any atom is -0.508 e. The Morgan fingerprint density at radius 1 is 1.53 bits per heavy atom. The Morgan fingerprint density at radius 2 is 2.33 bits per heavy atom. The highest BCUT2D eigenvalue weighted by Gasteiger charge is 2.33. The summed E-state index contributed by atoms with van der Waals surface area (Å²) >= 11 is 0. The lowest BCUT2D eigenvalue weighted by atomic mass is 9.90. The van der Waals surface area contributed by atoms with E-state index in [1.165, 1.54) is 0 Å². The number of esters is 1. The van der Waals surface area contributed by atoms with E-state index in [9.17, 15) is 9.90 Å². The van der Waals surface area contributed by atoms with E-state index in [4.69, 9.17) is 4.74 Å². The molecule has 2 rings (SSSR count). The van der Waals surface area contributed by atoms with E-state index in [0.29, 0.717) is 13.0 Å². The molecule has 1 fully saturated rings. The third kappa shape index (κ3) is 2.12. The highest BCUT2D eigenvalue weighted by atomic mass is 16.5. The number of rotatable bonds is 2. The second-order valence-corrected chi connectivity index (χ2v) is 3.87. The van der Waals surface area contributed by atoms with Gasteiger partial charge in [-0.2, -0.15) is 0 Å². The van der Waals surface area contributed by atoms with Crippen LogP contribution in [0.15, 0.2) is 24.3 Å². The number of ether oxygens (including phenoxy) is 1. The molecule has 2 atom stereocenters. The Labute approximate surface area is 88.7 Å². The molecule has 1 aliphatic heterocycles. The molecule has 1 radical (unpaired) electrons. The van der Waals surface area contributed by atoms with Crippen molar-refractivity contribution < 1.29 is 14.6 Å². The fourth-order valence-corrected chi connectivity index (χ4v) is 1.79. The number of carbonyl (C=O) groups excluding carboxylic acids is 1. The Morgan fingerprint density at radius 3 is 2.93 bits per heavy atom. The Hall–Kier alpha value is -1.51. The average Bonchev–Trinajstić information content (AvgIpc) is 2.50. The zero-order chi connectivity index (χ0) is 10.8. The van der Waals surface area contributed by atoms with Crippen LogP contribution in [0, 0.1) is 18.8 Å². The predicted octanol–water partition coefficient (Wildman–Crippen LogP) is 1.56. The molecule has 2 unspecified atom stereocenters. The van der Waals surface area contributed by atoms with Crippen molar-refractivity contribution in [3.05, 3.63) is 36.8 Å². The number of cyclic esters (lactones) is 1. The lowest BCUT2D eigenvalue weighted by Crippen LogP contribution is -2.16. The summed E-state index contributed by atoms with van der Waals surface area (Å²) < 4.78 is 4.92. The quantitative estimate of drug-likeness (QED) is 0.745. The molecule has 0 aliphatic carbocycles. The molecule has 0 saturated carbocycles. The molecule has 0 aromatic heterocycles. The maximum Gasteiger partial charge on any atom is 0.309 e. The van der Waals surface area contributed by atoms with Gasteiger partial charge in [0.05, 0.1) is 12.5 Å². The molecule has 0 amide bonds. The lowest BCUT2D eigenvalue weighted by Gasteiger charge is -2.10. The van der Waals surface area contributed by atoms with Gasteiger partial charge in [0.25, 0.3) is 0 Å². The fourth-order valence-electron chi connectivity index (χ4n) is 1.79. The van der Waals surface area contributed by atoms with E-state index in [2.05, 4.69) is 6.92 Å². The molecular formula is C12H13O3. The van der Waals surface area contributed by atoms with Gasteiger partial charge in [0.1, 0.15) is 5.75 Å². The van der Waals surface area contributed by atoms with Crippen molar-refractivity contribution in [1.82, 2.24) is 0 Å². The molecule has 0 spiro atoms. The highest BCUT2D eigenvalue weighted by Crippen LogP contribution is 2.26. The maximum absolute atomic E-state index is 11.3. The number of phenolic OH excluding ortho intramolecular Hbond substituents is 1. The minimum absolute atomic E-state index is 0.0137. The lowest BCUT2D eigenvalue weighted by molar-refractivity contribution is -0.141. The third-order valence-electron chi connectivity index (χ3n) is 2.68. The molecule has 1 heterocycles. The molecule has 15 heavy (non-hydrogen) atoms. The summed E-state index contributed by atoms with van der Waals surface area (Å²) in [5, 5.41) is 9.29. The number of phenols is 1. The second kappa shape index (κ2) is 3.93. The normalized spacial score (nSPS) is 25.3. The van der Waals surface area contributed by atoms with Crippen LogP contribution in [0.2, 0.25) is 0 Å². The van der Waals surface area contributed by atoms with Gasteiger partial charge >= 0.3 is 5.97 Å². The first-order valence-electron chi connectivity index (χ1n) is 4.94. The summed E-state index contributed by atoms with van der Waals surface area (Å²) in [6, 6.07) is 6.93. The first-order valence-corrected chi connectivity index (χ1v) is 4.94. The SMILES string of the molecule is [CH2]C1COC(=O)C1Cc1cccc(O)c1. The summed E-state index contributed by atoms with van der Waals surface area (Å²) in [5.74, 6) is -0.121. The molecule has 3 heteroatoms. The van der Waals surface area contributed by atoms with E-state index >= 15 is 0 Å². The molecule has 1 aliphatic rings. The van der Waals surface area contributed by atoms with Gasteiger partial charge in [-0.3, -0.25) is 4.79 Å². The number of aromatic hydroxyl groups is 1. The van der Waals surface area contributed by atoms with Gasteiger partial charge in [0, 0.05) is 5.92 Å². The van der Waals surface area contributed by atoms with Gasteiger partial charge in [0.15, 0.2) is 0 Å². The van der Waals surface area contributed by atoms with Crippen LogP contribution in [-0.4, -0.2) is 17.7 Å². The molecule has 79 valence electrons. The van der Waals surface area contributed by atoms with Crippen LogP contribution >= 0.6 is 0 Å². The van der Waals surface area contributed by atoms with Crippen molar-refractivity contribution in [2.24, 2.45) is 11.8 Å². The van der Waals surface area contributed by atoms with Gasteiger partial charge in [-0.05, 0) is 31.0 Å². The van der Waals surface area contributed by atoms with Crippen molar-refractivity contribution in [2.45, 2.75) is 6.42 Å². The summed E-state index contributed by atoms with van der Waals surface area (Å²) in [5.41, 5.74) is 0.938. The van der Waals surface area contributed by atoms with E-state index < -0.39 is 0 Å². The van der Waals surface area contributed by atoms with Crippen LogP contribution in [0.1, 0.15) is 5.56 Å². The van der Waals surface area contributed by atoms with Crippen LogP contribution in [-0.2, 0) is 16.0 Å². The van der Waals surface area contributed by atoms with Crippen molar-refractivity contribution >= 4 is 5.97 Å². The van der Waals surface area contributed by atoms with E-state index in [0.717, 1.165) is 5.56 Å². The van der Waals surface area contributed by atoms with Crippen molar-refractivity contribution in [2.75, 3.05) is 6.61 Å². The van der Waals surface area contributed by atoms with Crippen LogP contribution in [0.3, 0.4) is 0 Å². The van der Waals surface area contributed by atoms with Crippen molar-refractivity contribution in [3.63, 3.8) is 0 Å². The van der Waals surface area contributed by atoms with Gasteiger partial charge < -0.3 is 9.84 Å². The average molecular weight is 205 g/mol. The van der Waals surface area contributed by atoms with E-state index in [1.807, 2.05) is 6.07 Å². The Kier molecular flexibility index (Phi) is 2.62. The summed E-state index contributed by atoms with van der Waals surface area (Å²) in [6.45, 7) is 4.28. The van der Waals surface area contributed by atoms with Crippen LogP contribution in [0.4, 0.5) is 0 Å². The first kappa shape index (κ1) is 10.0. The number of carbonyl (C=O) groups is 1. The second-order valence-electron chi connectivity index (χ2n) is 3.87. The molecular weight excluding hydrogens is 192 g/mol. The Balaban J connectivity index is 2.11. The number of hydrogen-bond acceptors (Lipinski definition) is 3. The molecule has 3 nitrogen and oxygen atoms in total. The smallest absolute Gasteiger partial charge is 0.309 e. The van der Waals surface area contributed by atoms with Crippen molar-refractivity contribution in [3.8, 4) is 5.75 Å². The van der Waals surface area contributed by atoms with Crippen LogP contribution in [0.25, 0.3) is 0 Å². The predicted molar refractivity (Wildman–Crippen MR) is 55.1 cm³/mol. The first-order chi connectivity index (χ1) is 7.16. The van der Waals surface area contributed by atoms with Gasteiger partial charge in [0.2, 0.25) is 0 Å². The molecule has 1 N–H and O–H groups in total. The molecule has 1 saturated heterocycles. The standard InChI is InChI=1S/C12H13O3/c1-8-7-15-12(14)11(8)6-9-3-2-4-10(13)5-9/h2-5,8,11,13H,1,6-7H2. The van der Waals surface area contributed by atoms with Gasteiger partial charge in [-0.25, -0.2) is 0 Å². The monoisotopic (exact) mass is 205 g/mol. The van der Waals surface area contributed by atoms with Gasteiger partial charge in [-0.1, -0.05) is 12.1 Å². The summed E-state index contributed by atoms with van der Waals surface area (Å²) in [6.07, 6.45) is 0.585. The highest BCUT2D eigenvalue weighted by molar-refractivity contribution is 5.75. The minimum atomic E-state index is -0.182. The molecule has 1 aromatic carbocycles. The third-order valence-corrected chi connectivity index (χ3v) is 2.68. The fraction of sp³-hybridized carbons (Fsp3) is 0.333. The van der Waals surface area contributed by atoms with E-state index in [1.54, 1.807) is 18.2 Å². The van der Waals surface area contributed by atoms with Crippen molar-refractivity contribution in [1.29, 1.82) is 0 Å². The summed E-state index contributed by atoms with van der Waals surface area (Å²) in [4.78, 5) is 11.3. The largest absolute Gasteiger partial charge is 0.508 e. The number of hydrogen-bond donors (Lipinski definition) is 1. The zero-order valence-electron chi connectivity index (χ0n) is 8.35. The molecule has 1 aromatic rings. The van der Waals surface area contributed by atoms with Crippen LogP contribution in [0.5, 0.6) is 5.75 Å². The van der Waals surface area contributed by atoms with Gasteiger partial charge in [-0.15, -0.1) is 0 Å². The number of benzene rings is 1. The van der Waals surface area contributed by atoms with E-state index in [-0.39, 0.29) is 23.6 Å². The zero-order valence-corrected chi connectivity index (χ0v) is 8.35. The summed E-state index contributed by atoms with van der Waals surface area (Å²) in [7, 11) is 0. The van der Waals surface area contributed by atoms with Crippen LogP contribution < -0.4 is 0 Å². The Bertz CT molecular complexity index is 373. The molecule has 0 bridgehead atoms. The topological polar surface area (TPSA) is 46.5 Å².